The van der Waals surface area contributed by atoms with Gasteiger partial charge in [-0.3, -0.25) is 4.79 Å². The Labute approximate surface area is 106 Å². The molecule has 0 bridgehead atoms. The predicted octanol–water partition coefficient (Wildman–Crippen LogP) is 2.48. The normalized spacial score (nSPS) is 19.5. The first-order valence-corrected chi connectivity index (χ1v) is 6.25. The number of anilines is 1. The number of hydrogen-bond donors (Lipinski definition) is 1. The van der Waals surface area contributed by atoms with Crippen LogP contribution in [0.25, 0.3) is 10.8 Å². The SMILES string of the molecule is CN1CCC(Nc2cccc3ccccc23)C1=O. The van der Waals surface area contributed by atoms with Gasteiger partial charge in [0.1, 0.15) is 6.04 Å². The van der Waals surface area contributed by atoms with Gasteiger partial charge in [-0.25, -0.2) is 0 Å². The molecule has 2 aromatic rings. The van der Waals surface area contributed by atoms with E-state index in [9.17, 15) is 4.79 Å². The number of nitrogens with zero attached hydrogens (tertiary/aromatic N) is 1. The molecule has 3 heteroatoms. The third kappa shape index (κ3) is 1.82. The summed E-state index contributed by atoms with van der Waals surface area (Å²) in [6.07, 6.45) is 0.874. The highest BCUT2D eigenvalue weighted by atomic mass is 16.2. The maximum absolute atomic E-state index is 11.9. The van der Waals surface area contributed by atoms with Gasteiger partial charge in [0.2, 0.25) is 5.91 Å². The van der Waals surface area contributed by atoms with Gasteiger partial charge >= 0.3 is 0 Å². The Hall–Kier alpha value is -2.03. The molecule has 2 aromatic carbocycles. The van der Waals surface area contributed by atoms with E-state index in [1.54, 1.807) is 4.90 Å². The maximum Gasteiger partial charge on any atom is 0.244 e. The van der Waals surface area contributed by atoms with Gasteiger partial charge < -0.3 is 10.2 Å². The lowest BCUT2D eigenvalue weighted by Crippen LogP contribution is -2.30. The minimum Gasteiger partial charge on any atom is -0.373 e. The van der Waals surface area contributed by atoms with Gasteiger partial charge in [0.05, 0.1) is 0 Å². The highest BCUT2D eigenvalue weighted by molar-refractivity contribution is 5.96. The topological polar surface area (TPSA) is 32.3 Å². The number of fused-ring (bicyclic) bond motifs is 1. The van der Waals surface area contributed by atoms with Crippen LogP contribution in [0.4, 0.5) is 5.69 Å². The molecule has 1 saturated heterocycles. The molecule has 1 N–H and O–H groups in total. The van der Waals surface area contributed by atoms with E-state index in [2.05, 4.69) is 23.5 Å². The number of rotatable bonds is 2. The van der Waals surface area contributed by atoms with Gasteiger partial charge in [0.25, 0.3) is 0 Å². The number of benzene rings is 2. The molecule has 3 rings (SSSR count). The van der Waals surface area contributed by atoms with Gasteiger partial charge in [-0.1, -0.05) is 36.4 Å². The molecule has 1 aliphatic heterocycles. The standard InChI is InChI=1S/C15H16N2O/c1-17-10-9-14(15(17)18)16-13-8-4-6-11-5-2-3-7-12(11)13/h2-8,14,16H,9-10H2,1H3. The van der Waals surface area contributed by atoms with Crippen molar-refractivity contribution in [2.24, 2.45) is 0 Å². The number of likely N-dealkylation sites (N-methyl/N-ethyl adjacent to an activating group) is 1. The van der Waals surface area contributed by atoms with Gasteiger partial charge in [-0.05, 0) is 17.9 Å². The Morgan fingerprint density at radius 1 is 1.17 bits per heavy atom. The van der Waals surface area contributed by atoms with Crippen molar-refractivity contribution < 1.29 is 4.79 Å². The minimum atomic E-state index is -0.0826. The fraction of sp³-hybridized carbons (Fsp3) is 0.267. The average Bonchev–Trinajstić information content (AvgIpc) is 2.71. The highest BCUT2D eigenvalue weighted by Gasteiger charge is 2.28. The van der Waals surface area contributed by atoms with Crippen LogP contribution >= 0.6 is 0 Å². The Bertz CT molecular complexity index is 589. The Morgan fingerprint density at radius 3 is 2.72 bits per heavy atom. The Kier molecular flexibility index (Phi) is 2.67. The van der Waals surface area contributed by atoms with Crippen molar-refractivity contribution in [3.8, 4) is 0 Å². The molecule has 0 radical (unpaired) electrons. The first kappa shape index (κ1) is 11.1. The van der Waals surface area contributed by atoms with Crippen molar-refractivity contribution in [3.05, 3.63) is 42.5 Å². The molecule has 1 fully saturated rings. The maximum atomic E-state index is 11.9. The van der Waals surface area contributed by atoms with Crippen LogP contribution in [0.15, 0.2) is 42.5 Å². The van der Waals surface area contributed by atoms with Crippen LogP contribution in [0.2, 0.25) is 0 Å². The second kappa shape index (κ2) is 4.33. The van der Waals surface area contributed by atoms with Crippen LogP contribution in [0.5, 0.6) is 0 Å². The molecular weight excluding hydrogens is 224 g/mol. The predicted molar refractivity (Wildman–Crippen MR) is 73.6 cm³/mol. The van der Waals surface area contributed by atoms with Gasteiger partial charge in [-0.15, -0.1) is 0 Å². The number of amides is 1. The second-order valence-corrected chi connectivity index (χ2v) is 4.77. The molecule has 0 aromatic heterocycles. The summed E-state index contributed by atoms with van der Waals surface area (Å²) >= 11 is 0. The summed E-state index contributed by atoms with van der Waals surface area (Å²) < 4.78 is 0. The van der Waals surface area contributed by atoms with Crippen LogP contribution in [-0.4, -0.2) is 30.4 Å². The monoisotopic (exact) mass is 240 g/mol. The quantitative estimate of drug-likeness (QED) is 0.874. The molecule has 3 nitrogen and oxygen atoms in total. The third-order valence-corrected chi connectivity index (χ3v) is 3.55. The van der Waals surface area contributed by atoms with E-state index >= 15 is 0 Å². The van der Waals surface area contributed by atoms with E-state index in [4.69, 9.17) is 0 Å². The lowest BCUT2D eigenvalue weighted by molar-refractivity contribution is -0.127. The summed E-state index contributed by atoms with van der Waals surface area (Å²) in [6.45, 7) is 0.835. The van der Waals surface area contributed by atoms with Crippen LogP contribution < -0.4 is 5.32 Å². The third-order valence-electron chi connectivity index (χ3n) is 3.55. The first-order chi connectivity index (χ1) is 8.75. The molecule has 0 aliphatic carbocycles. The fourth-order valence-corrected chi connectivity index (χ4v) is 2.50. The number of hydrogen-bond acceptors (Lipinski definition) is 2. The van der Waals surface area contributed by atoms with E-state index in [0.29, 0.717) is 0 Å². The first-order valence-electron chi connectivity index (χ1n) is 6.25. The summed E-state index contributed by atoms with van der Waals surface area (Å²) in [6, 6.07) is 14.3. The summed E-state index contributed by atoms with van der Waals surface area (Å²) in [5.41, 5.74) is 1.04. The summed E-state index contributed by atoms with van der Waals surface area (Å²) in [5.74, 6) is 0.183. The molecule has 1 atom stereocenters. The van der Waals surface area contributed by atoms with Gasteiger partial charge in [0, 0.05) is 24.7 Å². The summed E-state index contributed by atoms with van der Waals surface area (Å²) in [5, 5.41) is 5.74. The van der Waals surface area contributed by atoms with Crippen molar-refractivity contribution in [3.63, 3.8) is 0 Å². The van der Waals surface area contributed by atoms with E-state index in [-0.39, 0.29) is 11.9 Å². The molecule has 1 heterocycles. The second-order valence-electron chi connectivity index (χ2n) is 4.77. The molecule has 92 valence electrons. The van der Waals surface area contributed by atoms with Crippen molar-refractivity contribution in [2.45, 2.75) is 12.5 Å². The lowest BCUT2D eigenvalue weighted by Gasteiger charge is -2.15. The van der Waals surface area contributed by atoms with Gasteiger partial charge in [0.15, 0.2) is 0 Å². The zero-order valence-electron chi connectivity index (χ0n) is 10.4. The van der Waals surface area contributed by atoms with E-state index in [0.717, 1.165) is 18.7 Å². The number of carbonyl (C=O) groups is 1. The van der Waals surface area contributed by atoms with Gasteiger partial charge in [-0.2, -0.15) is 0 Å². The summed E-state index contributed by atoms with van der Waals surface area (Å²) in [7, 11) is 1.85. The zero-order chi connectivity index (χ0) is 12.5. The molecule has 1 unspecified atom stereocenters. The Morgan fingerprint density at radius 2 is 1.94 bits per heavy atom. The van der Waals surface area contributed by atoms with Crippen LogP contribution in [0.1, 0.15) is 6.42 Å². The molecule has 0 spiro atoms. The van der Waals surface area contributed by atoms with Crippen LogP contribution in [-0.2, 0) is 4.79 Å². The highest BCUT2D eigenvalue weighted by Crippen LogP contribution is 2.25. The summed E-state index contributed by atoms with van der Waals surface area (Å²) in [4.78, 5) is 13.7. The molecule has 1 aliphatic rings. The van der Waals surface area contributed by atoms with Crippen molar-refractivity contribution in [1.29, 1.82) is 0 Å². The number of likely N-dealkylation sites (tertiary alicyclic amines) is 1. The average molecular weight is 240 g/mol. The minimum absolute atomic E-state index is 0.0826. The van der Waals surface area contributed by atoms with Crippen molar-refractivity contribution in [1.82, 2.24) is 4.90 Å². The molecule has 0 saturated carbocycles. The largest absolute Gasteiger partial charge is 0.373 e. The lowest BCUT2D eigenvalue weighted by atomic mass is 10.1. The molecule has 1 amide bonds. The number of nitrogens with one attached hydrogen (secondary N) is 1. The van der Waals surface area contributed by atoms with E-state index in [1.165, 1.54) is 10.8 Å². The van der Waals surface area contributed by atoms with E-state index in [1.807, 2.05) is 31.3 Å². The van der Waals surface area contributed by atoms with Crippen molar-refractivity contribution in [2.75, 3.05) is 18.9 Å². The van der Waals surface area contributed by atoms with Crippen molar-refractivity contribution >= 4 is 22.4 Å². The van der Waals surface area contributed by atoms with E-state index < -0.39 is 0 Å². The van der Waals surface area contributed by atoms with Crippen LogP contribution in [0, 0.1) is 0 Å². The Balaban J connectivity index is 1.93. The van der Waals surface area contributed by atoms with Crippen LogP contribution in [0.3, 0.4) is 0 Å². The molecular formula is C15H16N2O. The number of carbonyl (C=O) groups excluding carboxylic acids is 1. The zero-order valence-corrected chi connectivity index (χ0v) is 10.4. The molecule has 18 heavy (non-hydrogen) atoms. The smallest absolute Gasteiger partial charge is 0.244 e. The fourth-order valence-electron chi connectivity index (χ4n) is 2.50.